The zero-order chi connectivity index (χ0) is 17.4. The summed E-state index contributed by atoms with van der Waals surface area (Å²) >= 11 is 0. The Morgan fingerprint density at radius 2 is 2.04 bits per heavy atom. The van der Waals surface area contributed by atoms with Crippen molar-refractivity contribution in [1.82, 2.24) is 15.1 Å². The molecule has 0 aliphatic carbocycles. The lowest BCUT2D eigenvalue weighted by atomic mass is 10.1. The Morgan fingerprint density at radius 1 is 1.29 bits per heavy atom. The molecule has 1 aromatic rings. The molecule has 0 aromatic heterocycles. The van der Waals surface area contributed by atoms with E-state index in [0.717, 1.165) is 31.9 Å². The van der Waals surface area contributed by atoms with Crippen molar-refractivity contribution in [1.29, 1.82) is 0 Å². The lowest BCUT2D eigenvalue weighted by molar-refractivity contribution is 0.255. The molecule has 2 unspecified atom stereocenters. The average molecular weight is 334 g/mol. The van der Waals surface area contributed by atoms with Crippen LogP contribution in [0.15, 0.2) is 24.3 Å². The first-order valence-corrected chi connectivity index (χ1v) is 9.45. The van der Waals surface area contributed by atoms with Crippen molar-refractivity contribution in [2.75, 3.05) is 46.9 Å². The van der Waals surface area contributed by atoms with E-state index in [0.29, 0.717) is 12.1 Å². The molecule has 24 heavy (non-hydrogen) atoms. The zero-order valence-electron chi connectivity index (χ0n) is 15.9. The summed E-state index contributed by atoms with van der Waals surface area (Å²) in [6, 6.07) is 9.65. The topological polar surface area (TPSA) is 27.7 Å². The largest absolute Gasteiger partial charge is 0.494 e. The van der Waals surface area contributed by atoms with Gasteiger partial charge in [0.25, 0.3) is 0 Å². The maximum atomic E-state index is 5.81. The second kappa shape index (κ2) is 10.0. The third kappa shape index (κ3) is 6.08. The van der Waals surface area contributed by atoms with Crippen molar-refractivity contribution in [2.45, 2.75) is 45.2 Å². The summed E-state index contributed by atoms with van der Waals surface area (Å²) in [5.41, 5.74) is 1.33. The molecule has 1 aliphatic heterocycles. The van der Waals surface area contributed by atoms with E-state index in [9.17, 15) is 0 Å². The molecule has 0 spiro atoms. The maximum Gasteiger partial charge on any atom is 0.119 e. The zero-order valence-corrected chi connectivity index (χ0v) is 15.9. The van der Waals surface area contributed by atoms with Crippen LogP contribution >= 0.6 is 0 Å². The van der Waals surface area contributed by atoms with Crippen LogP contribution in [0.5, 0.6) is 5.75 Å². The van der Waals surface area contributed by atoms with Crippen LogP contribution in [-0.2, 0) is 0 Å². The van der Waals surface area contributed by atoms with Gasteiger partial charge in [0, 0.05) is 25.2 Å². The van der Waals surface area contributed by atoms with Gasteiger partial charge < -0.3 is 15.0 Å². The lowest BCUT2D eigenvalue weighted by Gasteiger charge is -2.25. The molecular formula is C20H35N3O. The van der Waals surface area contributed by atoms with Crippen molar-refractivity contribution < 1.29 is 4.74 Å². The van der Waals surface area contributed by atoms with Crippen molar-refractivity contribution in [2.24, 2.45) is 0 Å². The fraction of sp³-hybridized carbons (Fsp3) is 0.700. The van der Waals surface area contributed by atoms with Gasteiger partial charge in [0.15, 0.2) is 0 Å². The first kappa shape index (κ1) is 19.2. The number of ether oxygens (including phenoxy) is 1. The predicted molar refractivity (Wildman–Crippen MR) is 102 cm³/mol. The molecule has 1 heterocycles. The van der Waals surface area contributed by atoms with E-state index in [-0.39, 0.29) is 0 Å². The summed E-state index contributed by atoms with van der Waals surface area (Å²) in [6.45, 7) is 9.86. The molecule has 1 aromatic carbocycles. The molecule has 2 rings (SSSR count). The van der Waals surface area contributed by atoms with E-state index in [1.54, 1.807) is 0 Å². The molecule has 4 nitrogen and oxygen atoms in total. The van der Waals surface area contributed by atoms with Crippen molar-refractivity contribution >= 4 is 0 Å². The quantitative estimate of drug-likeness (QED) is 0.666. The number of hydrogen-bond donors (Lipinski definition) is 1. The van der Waals surface area contributed by atoms with E-state index in [4.69, 9.17) is 4.74 Å². The second-order valence-electron chi connectivity index (χ2n) is 7.13. The molecule has 2 atom stereocenters. The molecule has 1 aliphatic rings. The number of nitrogens with one attached hydrogen (secondary N) is 1. The Labute approximate surface area is 148 Å². The van der Waals surface area contributed by atoms with E-state index in [1.165, 1.54) is 31.5 Å². The van der Waals surface area contributed by atoms with E-state index in [2.05, 4.69) is 67.3 Å². The van der Waals surface area contributed by atoms with Gasteiger partial charge in [-0.05, 0) is 71.1 Å². The first-order valence-electron chi connectivity index (χ1n) is 9.45. The third-order valence-corrected chi connectivity index (χ3v) is 4.96. The molecule has 1 saturated heterocycles. The Kier molecular flexibility index (Phi) is 8.03. The smallest absolute Gasteiger partial charge is 0.119 e. The van der Waals surface area contributed by atoms with Crippen LogP contribution in [0, 0.1) is 0 Å². The van der Waals surface area contributed by atoms with Gasteiger partial charge in [0.2, 0.25) is 0 Å². The first-order chi connectivity index (χ1) is 11.6. The van der Waals surface area contributed by atoms with Crippen LogP contribution in [0.25, 0.3) is 0 Å². The van der Waals surface area contributed by atoms with Gasteiger partial charge in [-0.1, -0.05) is 19.1 Å². The Hall–Kier alpha value is -1.10. The maximum absolute atomic E-state index is 5.81. The fourth-order valence-electron chi connectivity index (χ4n) is 3.40. The minimum absolute atomic E-state index is 0.382. The van der Waals surface area contributed by atoms with Crippen LogP contribution in [0.4, 0.5) is 0 Å². The van der Waals surface area contributed by atoms with Crippen LogP contribution < -0.4 is 10.1 Å². The highest BCUT2D eigenvalue weighted by atomic mass is 16.5. The molecular weight excluding hydrogens is 298 g/mol. The fourth-order valence-corrected chi connectivity index (χ4v) is 3.40. The molecule has 136 valence electrons. The molecule has 1 N–H and O–H groups in total. The molecule has 0 radical (unpaired) electrons. The highest BCUT2D eigenvalue weighted by Crippen LogP contribution is 2.20. The van der Waals surface area contributed by atoms with E-state index in [1.807, 2.05) is 0 Å². The number of nitrogens with zero attached hydrogens (tertiary/aromatic N) is 2. The molecule has 4 heteroatoms. The van der Waals surface area contributed by atoms with Crippen LogP contribution in [-0.4, -0.2) is 62.7 Å². The van der Waals surface area contributed by atoms with Crippen LogP contribution in [0.3, 0.4) is 0 Å². The minimum atomic E-state index is 0.382. The van der Waals surface area contributed by atoms with Crippen molar-refractivity contribution in [3.63, 3.8) is 0 Å². The second-order valence-corrected chi connectivity index (χ2v) is 7.13. The predicted octanol–water partition coefficient (Wildman–Crippen LogP) is 3.15. The number of rotatable bonds is 10. The van der Waals surface area contributed by atoms with Crippen molar-refractivity contribution in [3.8, 4) is 5.75 Å². The van der Waals surface area contributed by atoms with Gasteiger partial charge in [0.05, 0.1) is 6.61 Å². The molecule has 0 bridgehead atoms. The molecule has 1 fully saturated rings. The monoisotopic (exact) mass is 333 g/mol. The summed E-state index contributed by atoms with van der Waals surface area (Å²) in [5.74, 6) is 0.970. The van der Waals surface area contributed by atoms with Crippen LogP contribution in [0.2, 0.25) is 0 Å². The SMILES string of the molecule is CCN1CCCC1CNC(C)c1ccc(OCCCN(C)C)cc1. The van der Waals surface area contributed by atoms with Gasteiger partial charge in [0.1, 0.15) is 5.75 Å². The average Bonchev–Trinajstić information content (AvgIpc) is 3.04. The van der Waals surface area contributed by atoms with Gasteiger partial charge in [-0.2, -0.15) is 0 Å². The van der Waals surface area contributed by atoms with Gasteiger partial charge in [-0.15, -0.1) is 0 Å². The van der Waals surface area contributed by atoms with Gasteiger partial charge in [-0.25, -0.2) is 0 Å². The highest BCUT2D eigenvalue weighted by molar-refractivity contribution is 5.28. The summed E-state index contributed by atoms with van der Waals surface area (Å²) in [5, 5.41) is 3.70. The number of benzene rings is 1. The van der Waals surface area contributed by atoms with E-state index < -0.39 is 0 Å². The van der Waals surface area contributed by atoms with Crippen LogP contribution in [0.1, 0.15) is 44.7 Å². The van der Waals surface area contributed by atoms with Gasteiger partial charge in [-0.3, -0.25) is 4.90 Å². The Bertz CT molecular complexity index is 460. The summed E-state index contributed by atoms with van der Waals surface area (Å²) in [7, 11) is 4.18. The summed E-state index contributed by atoms with van der Waals surface area (Å²) in [6.07, 6.45) is 3.73. The number of likely N-dealkylation sites (tertiary alicyclic amines) is 1. The Balaban J connectivity index is 1.73. The molecule has 0 saturated carbocycles. The highest BCUT2D eigenvalue weighted by Gasteiger charge is 2.22. The lowest BCUT2D eigenvalue weighted by Crippen LogP contribution is -2.38. The summed E-state index contributed by atoms with van der Waals surface area (Å²) in [4.78, 5) is 4.77. The summed E-state index contributed by atoms with van der Waals surface area (Å²) < 4.78 is 5.81. The van der Waals surface area contributed by atoms with Crippen molar-refractivity contribution in [3.05, 3.63) is 29.8 Å². The minimum Gasteiger partial charge on any atom is -0.494 e. The van der Waals surface area contributed by atoms with Gasteiger partial charge >= 0.3 is 0 Å². The Morgan fingerprint density at radius 3 is 2.71 bits per heavy atom. The third-order valence-electron chi connectivity index (χ3n) is 4.96. The van der Waals surface area contributed by atoms with E-state index >= 15 is 0 Å². The number of hydrogen-bond acceptors (Lipinski definition) is 4. The number of likely N-dealkylation sites (N-methyl/N-ethyl adjacent to an activating group) is 1. The normalized spacial score (nSPS) is 19.8. The molecule has 0 amide bonds. The standard InChI is InChI=1S/C20H35N3O/c1-5-23-14-6-8-19(23)16-21-17(2)18-9-11-20(12-10-18)24-15-7-13-22(3)4/h9-12,17,19,21H,5-8,13-16H2,1-4H3.